The Balaban J connectivity index is 0.00000852. The number of pyridine rings is 1. The largest absolute Gasteiger partial charge is 0.508 e. The molecule has 14 N–H and O–H groups in total. The fourth-order valence-corrected chi connectivity index (χ4v) is 24.7. The van der Waals surface area contributed by atoms with Gasteiger partial charge < -0.3 is 78.3 Å². The number of ketones is 1. The zero-order valence-corrected chi connectivity index (χ0v) is 78.9. The van der Waals surface area contributed by atoms with E-state index in [1.807, 2.05) is 66.8 Å². The number of alkyl carbamates (subject to hydrolysis) is 1. The molecular weight excluding hydrogens is 1700 g/mol. The average Bonchev–Trinajstić information content (AvgIpc) is 1.69. The number of aliphatic hydroxyl groups excluding tert-OH is 1. The number of amides is 11. The third-order valence-corrected chi connectivity index (χ3v) is 32.0. The molecule has 29 nitrogen and oxygen atoms in total. The van der Waals surface area contributed by atoms with Crippen LogP contribution in [0, 0.1) is 58.2 Å². The Hall–Kier alpha value is -10.1. The van der Waals surface area contributed by atoms with Crippen LogP contribution < -0.4 is 63.5 Å². The molecule has 6 fully saturated rings. The fraction of sp³-hybridized carbons (Fsp3) is 0.590. The summed E-state index contributed by atoms with van der Waals surface area (Å²) in [6, 6.07) is 8.64. The number of phenols is 1. The Morgan fingerprint density at radius 2 is 1.44 bits per heavy atom. The number of fused-ring (bicyclic) bond motifs is 7. The molecule has 9 aliphatic rings. The van der Waals surface area contributed by atoms with Crippen LogP contribution in [0.15, 0.2) is 139 Å². The van der Waals surface area contributed by atoms with Gasteiger partial charge in [-0.3, -0.25) is 58.1 Å². The molecule has 5 heterocycles. The van der Waals surface area contributed by atoms with Crippen molar-refractivity contribution >= 4 is 103 Å². The zero-order chi connectivity index (χ0) is 93.5. The first-order valence-electron chi connectivity index (χ1n) is 47.6. The van der Waals surface area contributed by atoms with E-state index in [9.17, 15) is 34.2 Å². The number of hydrogen-bond acceptors (Lipinski definition) is 19. The SMILES string of the molecule is CC(C)CCCC(C)C1CCC2C3CC=C4CC(OC(=O)NCCCCC5NCC(=O)C(CC6=CNC7C=CC=CC67)NC(=O)C(Cc6ccc(O)cc6)NC(=O)C(NC(=O)C(Cc6ccc7ccccc7c6)NC(=O)C6CCCN6C(=O)C6CCCN6C(=O)c6ccc[n+](C)c6)CSSCC(C(=O)NC(C(N)=O)C(C)O)NC(=O)C(C(C)C)NC5=O)CCC4(C)C3CCC12C.[2HH].[2HH]. The lowest BCUT2D eigenvalue weighted by atomic mass is 9.47. The molecule has 131 heavy (non-hydrogen) atoms. The number of aromatic hydroxyl groups is 1. The number of primary amides is 1. The van der Waals surface area contributed by atoms with Gasteiger partial charge in [0.1, 0.15) is 72.8 Å². The highest BCUT2D eigenvalue weighted by Crippen LogP contribution is 2.67. The molecule has 11 amide bonds. The van der Waals surface area contributed by atoms with Gasteiger partial charge in [0.25, 0.3) is 5.91 Å². The molecule has 0 radical (unpaired) electrons. The number of ether oxygens (including phenoxy) is 1. The van der Waals surface area contributed by atoms with Crippen LogP contribution in [0.5, 0.6) is 5.75 Å². The van der Waals surface area contributed by atoms with Gasteiger partial charge >= 0.3 is 6.09 Å². The Morgan fingerprint density at radius 3 is 2.18 bits per heavy atom. The van der Waals surface area contributed by atoms with Crippen molar-refractivity contribution in [3.05, 3.63) is 156 Å². The second kappa shape index (κ2) is 44.6. The number of nitrogens with one attached hydrogen (secondary N) is 10. The average molecular weight is 1850 g/mol. The van der Waals surface area contributed by atoms with Gasteiger partial charge in [0.2, 0.25) is 53.2 Å². The fourth-order valence-electron chi connectivity index (χ4n) is 22.3. The van der Waals surface area contributed by atoms with Gasteiger partial charge in [0, 0.05) is 65.2 Å². The molecule has 3 aromatic carbocycles. The summed E-state index contributed by atoms with van der Waals surface area (Å²) in [5.41, 5.74) is 9.75. The topological polar surface area (TPSA) is 411 Å². The molecule has 21 atom stereocenters. The lowest BCUT2D eigenvalue weighted by Crippen LogP contribution is -2.61. The van der Waals surface area contributed by atoms with E-state index in [0.29, 0.717) is 79.0 Å². The van der Waals surface area contributed by atoms with Crippen molar-refractivity contribution < 1.29 is 79.9 Å². The van der Waals surface area contributed by atoms with E-state index in [0.717, 1.165) is 80.9 Å². The summed E-state index contributed by atoms with van der Waals surface area (Å²) in [4.78, 5) is 181. The van der Waals surface area contributed by atoms with Gasteiger partial charge in [-0.1, -0.05) is 180 Å². The Kier molecular flexibility index (Phi) is 33.5. The number of rotatable bonds is 28. The number of Topliss-reactive ketones (excluding diaryl/α,β-unsaturated/α-hetero) is 1. The molecule has 712 valence electrons. The predicted octanol–water partition coefficient (Wildman–Crippen LogP) is 9.08. The molecule has 1 aromatic heterocycles. The summed E-state index contributed by atoms with van der Waals surface area (Å²) in [6.07, 6.45) is 27.5. The van der Waals surface area contributed by atoms with E-state index < -0.39 is 144 Å². The van der Waals surface area contributed by atoms with Crippen LogP contribution in [-0.2, 0) is 72.6 Å². The van der Waals surface area contributed by atoms with Crippen molar-refractivity contribution in [3.8, 4) is 5.75 Å². The van der Waals surface area contributed by atoms with Crippen LogP contribution in [0.25, 0.3) is 10.8 Å². The van der Waals surface area contributed by atoms with Gasteiger partial charge in [0.05, 0.1) is 30.8 Å². The van der Waals surface area contributed by atoms with Crippen LogP contribution in [0.1, 0.15) is 202 Å². The molecule has 4 aliphatic heterocycles. The molecule has 31 heteroatoms. The number of benzene rings is 3. The van der Waals surface area contributed by atoms with E-state index in [-0.39, 0.29) is 94.7 Å². The van der Waals surface area contributed by atoms with E-state index >= 15 is 33.6 Å². The minimum absolute atomic E-state index is 0. The number of likely N-dealkylation sites (tertiary alicyclic amines) is 2. The van der Waals surface area contributed by atoms with Crippen molar-refractivity contribution in [2.75, 3.05) is 37.7 Å². The highest BCUT2D eigenvalue weighted by atomic mass is 33.1. The van der Waals surface area contributed by atoms with Crippen molar-refractivity contribution in [3.63, 3.8) is 0 Å². The summed E-state index contributed by atoms with van der Waals surface area (Å²) in [6.45, 7) is 17.0. The van der Waals surface area contributed by atoms with E-state index in [1.54, 1.807) is 73.2 Å². The Labute approximate surface area is 780 Å². The van der Waals surface area contributed by atoms with Gasteiger partial charge in [-0.2, -0.15) is 0 Å². The summed E-state index contributed by atoms with van der Waals surface area (Å²) in [5, 5.41) is 52.3. The third kappa shape index (κ3) is 24.3. The summed E-state index contributed by atoms with van der Waals surface area (Å²) in [7, 11) is 3.70. The van der Waals surface area contributed by atoms with Gasteiger partial charge in [-0.25, -0.2) is 9.36 Å². The number of phenolic OH excluding ortho intramolecular Hbond substituents is 1. The molecule has 13 rings (SSSR count). The van der Waals surface area contributed by atoms with Crippen LogP contribution in [0.2, 0.25) is 0 Å². The van der Waals surface area contributed by atoms with Gasteiger partial charge in [-0.15, -0.1) is 0 Å². The first-order valence-corrected chi connectivity index (χ1v) is 50.1. The first-order chi connectivity index (χ1) is 62.7. The highest BCUT2D eigenvalue weighted by Gasteiger charge is 2.60. The maximum Gasteiger partial charge on any atom is 0.407 e. The molecular formula is C100H141N14O15S2+. The summed E-state index contributed by atoms with van der Waals surface area (Å²) >= 11 is 0. The maximum absolute atomic E-state index is 15.8. The van der Waals surface area contributed by atoms with Crippen molar-refractivity contribution in [2.24, 2.45) is 71.0 Å². The molecule has 0 spiro atoms. The van der Waals surface area contributed by atoms with Crippen LogP contribution in [0.4, 0.5) is 4.79 Å². The normalized spacial score (nSPS) is 29.3. The number of carbonyl (C=O) groups excluding carboxylic acids is 12. The Bertz CT molecular complexity index is 4960. The van der Waals surface area contributed by atoms with E-state index in [2.05, 4.69) is 93.9 Å². The quantitative estimate of drug-likeness (QED) is 0.0109. The van der Waals surface area contributed by atoms with Crippen molar-refractivity contribution in [1.82, 2.24) is 63.0 Å². The molecule has 21 unspecified atom stereocenters. The highest BCUT2D eigenvalue weighted by molar-refractivity contribution is 8.76. The standard InChI is InChI=1S/C100H136N14O15S2.2H2/c1-58(2)20-16-21-60(5)73-38-39-74-72-37-34-68-52-70(40-42-99(68,7)75(72)41-43-100(73,74)8)129-98(128)102-44-15-14-27-77-89(119)110-86(59(3)4)95(125)109-82(93(123)111-87(61(6)115)88(101)118)57-131-130-56-81(92(122)106-79(49-62-31-35-69(116)36-32-62)90(120)105-78(85(117)54-104-77)51-67-53-103-76-26-13-12-25-71(67)76)108-91(121)80(50-63-30-33-64-22-10-11-23-65(64)48-63)107-94(124)83-28-18-46-113(83)97(127)84-29-19-47-114(84)96(126)66-24-17-45-112(9)55-66;;/h10-13,17,22-26,30-36,45,48,53,55,58-61,70-84,86-87,103-104,115H,14-16,18-21,27-29,37-44,46-47,49-52,54,56-57H2,1-9H3,(H10-,101,102,105,106,107,108,109,110,111,116,118,119,120,121,122,123,124,125,128);2*1H/p+1/i;2*1+1. The minimum atomic E-state index is -1.64. The smallest absolute Gasteiger partial charge is 0.407 e. The molecule has 4 aromatic rings. The second-order valence-corrected chi connectivity index (χ2v) is 41.9. The maximum atomic E-state index is 15.8. The van der Waals surface area contributed by atoms with Crippen LogP contribution in [-0.4, -0.2) is 207 Å². The number of hydrogen-bond donors (Lipinski definition) is 13. The van der Waals surface area contributed by atoms with Crippen molar-refractivity contribution in [1.29, 1.82) is 0 Å². The number of nitrogens with zero attached hydrogens (tertiary/aromatic N) is 3. The number of aryl methyl sites for hydroxylation is 1. The number of aliphatic hydroxyl groups is 1. The lowest BCUT2D eigenvalue weighted by Gasteiger charge is -2.58. The van der Waals surface area contributed by atoms with Crippen LogP contribution >= 0.6 is 21.6 Å². The van der Waals surface area contributed by atoms with E-state index in [4.69, 9.17) is 10.5 Å². The zero-order valence-electron chi connectivity index (χ0n) is 77.3. The molecule has 5 aliphatic carbocycles. The van der Waals surface area contributed by atoms with Crippen LogP contribution in [0.3, 0.4) is 0 Å². The number of nitrogens with two attached hydrogens (primary N) is 1. The molecule has 3 saturated heterocycles. The number of aromatic nitrogens is 1. The van der Waals surface area contributed by atoms with Gasteiger partial charge in [-0.05, 0) is 207 Å². The van der Waals surface area contributed by atoms with Gasteiger partial charge in [0.15, 0.2) is 18.2 Å². The third-order valence-electron chi connectivity index (χ3n) is 29.6. The number of unbranched alkanes of at least 4 members (excludes halogenated alkanes) is 1. The number of allylic oxidation sites excluding steroid dienone is 3. The second-order valence-electron chi connectivity index (χ2n) is 39.4. The molecule has 0 bridgehead atoms. The summed E-state index contributed by atoms with van der Waals surface area (Å²) < 4.78 is 7.95. The minimum Gasteiger partial charge on any atom is -0.508 e. The lowest BCUT2D eigenvalue weighted by molar-refractivity contribution is -0.671. The van der Waals surface area contributed by atoms with Crippen molar-refractivity contribution in [2.45, 2.75) is 269 Å². The first kappa shape index (κ1) is 98.4. The predicted molar refractivity (Wildman–Crippen MR) is 508 cm³/mol. The number of carbonyl (C=O) groups is 12. The summed E-state index contributed by atoms with van der Waals surface area (Å²) in [5.74, 6) is -5.68. The van der Waals surface area contributed by atoms with E-state index in [1.165, 1.54) is 74.5 Å². The molecule has 3 saturated carbocycles. The Morgan fingerprint density at radius 1 is 0.710 bits per heavy atom. The monoisotopic (exact) mass is 1840 g/mol.